The minimum atomic E-state index is 0. The average Bonchev–Trinajstić information content (AvgIpc) is 2.38. The van der Waals surface area contributed by atoms with Crippen LogP contribution in [0.2, 0.25) is 5.02 Å². The molecule has 20 heavy (non-hydrogen) atoms. The Kier molecular flexibility index (Phi) is 13.7. The maximum Gasteiger partial charge on any atom is 2.00 e. The Morgan fingerprint density at radius 1 is 0.900 bits per heavy atom. The minimum Gasteiger partial charge on any atom is -1.00 e. The Hall–Kier alpha value is 0.456. The monoisotopic (exact) mass is 426 g/mol. The third kappa shape index (κ3) is 6.95. The fourth-order valence-corrected chi connectivity index (χ4v) is 2.25. The zero-order chi connectivity index (χ0) is 12.1. The molecule has 2 aromatic rings. The third-order valence-electron chi connectivity index (χ3n) is 3.17. The van der Waals surface area contributed by atoms with Crippen molar-refractivity contribution < 1.29 is 34.0 Å². The van der Waals surface area contributed by atoms with Gasteiger partial charge in [0.1, 0.15) is 0 Å². The van der Waals surface area contributed by atoms with Crippen molar-refractivity contribution in [3.05, 3.63) is 70.7 Å². The van der Waals surface area contributed by atoms with Gasteiger partial charge in [0.25, 0.3) is 0 Å². The predicted molar refractivity (Wildman–Crippen MR) is 80.4 cm³/mol. The maximum absolute atomic E-state index is 6.15. The van der Waals surface area contributed by atoms with Crippen LogP contribution >= 0.6 is 11.6 Å². The molecule has 0 nitrogen and oxygen atoms in total. The Morgan fingerprint density at radius 3 is 2.05 bits per heavy atom. The van der Waals surface area contributed by atoms with E-state index < -0.39 is 0 Å². The Labute approximate surface area is 164 Å². The van der Waals surface area contributed by atoms with Crippen LogP contribution in [0.25, 0.3) is 0 Å². The van der Waals surface area contributed by atoms with Crippen LogP contribution in [0.4, 0.5) is 0 Å². The van der Waals surface area contributed by atoms with Gasteiger partial charge in [-0.3, -0.25) is 0 Å². The molecule has 0 saturated heterocycles. The van der Waals surface area contributed by atoms with E-state index in [2.05, 4.69) is 43.3 Å². The van der Waals surface area contributed by atoms with Gasteiger partial charge >= 0.3 is 23.1 Å². The van der Waals surface area contributed by atoms with Crippen molar-refractivity contribution in [2.24, 2.45) is 0 Å². The van der Waals surface area contributed by atoms with E-state index in [1.54, 1.807) is 0 Å². The summed E-state index contributed by atoms with van der Waals surface area (Å²) in [7, 11) is 0. The Morgan fingerprint density at radius 2 is 1.45 bits per heavy atom. The summed E-state index contributed by atoms with van der Waals surface area (Å²) in [4.78, 5) is 0. The summed E-state index contributed by atoms with van der Waals surface area (Å²) in [5.74, 6) is 0.576. The van der Waals surface area contributed by atoms with E-state index in [1.807, 2.05) is 18.2 Å². The number of benzene rings is 2. The van der Waals surface area contributed by atoms with E-state index in [-0.39, 0.29) is 57.0 Å². The molecular weight excluding hydrogens is 412 g/mol. The van der Waals surface area contributed by atoms with Gasteiger partial charge in [0, 0.05) is 5.02 Å². The molecule has 0 aliphatic heterocycles. The fraction of sp³-hybridized carbons (Fsp3) is 0.250. The first kappa shape index (κ1) is 22.7. The zero-order valence-electron chi connectivity index (χ0n) is 11.5. The van der Waals surface area contributed by atoms with Crippen molar-refractivity contribution in [3.8, 4) is 0 Å². The second-order valence-electron chi connectivity index (χ2n) is 4.44. The standard InChI is InChI=1S/C16H17Cl.2BrH.Mg/c1-13(14-7-3-2-4-8-14)11-12-15-9-5-6-10-16(15)17;;;/h2-10,13H,11-12H2,1H3;2*1H;/q;;;+2/p-2. The molecule has 2 rings (SSSR count). The van der Waals surface area contributed by atoms with Crippen molar-refractivity contribution in [2.75, 3.05) is 0 Å². The van der Waals surface area contributed by atoms with E-state index in [9.17, 15) is 0 Å². The molecule has 0 aromatic heterocycles. The van der Waals surface area contributed by atoms with Crippen molar-refractivity contribution in [1.82, 2.24) is 0 Å². The summed E-state index contributed by atoms with van der Waals surface area (Å²) in [5.41, 5.74) is 2.65. The van der Waals surface area contributed by atoms with E-state index >= 15 is 0 Å². The van der Waals surface area contributed by atoms with E-state index in [1.165, 1.54) is 11.1 Å². The first-order valence-electron chi connectivity index (χ1n) is 6.05. The largest absolute Gasteiger partial charge is 2.00 e. The average molecular weight is 429 g/mol. The van der Waals surface area contributed by atoms with Gasteiger partial charge in [-0.1, -0.05) is 67.1 Å². The molecule has 1 unspecified atom stereocenters. The molecule has 0 spiro atoms. The van der Waals surface area contributed by atoms with Crippen molar-refractivity contribution in [1.29, 1.82) is 0 Å². The molecular formula is C16H17Br2ClMg. The number of hydrogen-bond donors (Lipinski definition) is 0. The summed E-state index contributed by atoms with van der Waals surface area (Å²) in [5, 5.41) is 0.882. The van der Waals surface area contributed by atoms with Crippen molar-refractivity contribution >= 4 is 34.7 Å². The van der Waals surface area contributed by atoms with Crippen LogP contribution in [-0.4, -0.2) is 23.1 Å². The minimum absolute atomic E-state index is 0. The Bertz CT molecular complexity index is 477. The molecule has 1 atom stereocenters. The normalized spacial score (nSPS) is 10.5. The second-order valence-corrected chi connectivity index (χ2v) is 4.85. The van der Waals surface area contributed by atoms with Gasteiger partial charge < -0.3 is 34.0 Å². The third-order valence-corrected chi connectivity index (χ3v) is 3.54. The van der Waals surface area contributed by atoms with E-state index in [4.69, 9.17) is 11.6 Å². The summed E-state index contributed by atoms with van der Waals surface area (Å²) in [6, 6.07) is 18.7. The van der Waals surface area contributed by atoms with Gasteiger partial charge in [-0.15, -0.1) is 0 Å². The first-order chi connectivity index (χ1) is 8.27. The molecule has 0 aliphatic carbocycles. The molecule has 0 N–H and O–H groups in total. The Balaban J connectivity index is 0. The van der Waals surface area contributed by atoms with Crippen LogP contribution in [0.3, 0.4) is 0 Å². The fourth-order valence-electron chi connectivity index (χ4n) is 2.02. The second kappa shape index (κ2) is 12.0. The zero-order valence-corrected chi connectivity index (χ0v) is 16.9. The van der Waals surface area contributed by atoms with Crippen molar-refractivity contribution in [2.45, 2.75) is 25.7 Å². The SMILES string of the molecule is CC(CCc1ccccc1Cl)c1ccccc1.[Br-].[Br-].[Mg+2]. The van der Waals surface area contributed by atoms with E-state index in [0.717, 1.165) is 17.9 Å². The predicted octanol–water partition coefficient (Wildman–Crippen LogP) is -1.30. The number of rotatable bonds is 4. The van der Waals surface area contributed by atoms with Crippen LogP contribution in [-0.2, 0) is 6.42 Å². The molecule has 0 aliphatic rings. The van der Waals surface area contributed by atoms with Gasteiger partial charge in [-0.05, 0) is 36.0 Å². The van der Waals surface area contributed by atoms with Crippen LogP contribution in [0.15, 0.2) is 54.6 Å². The number of hydrogen-bond acceptors (Lipinski definition) is 0. The smallest absolute Gasteiger partial charge is 1.00 e. The molecule has 0 fully saturated rings. The number of halogens is 3. The summed E-state index contributed by atoms with van der Waals surface area (Å²) in [6.07, 6.45) is 2.17. The molecule has 0 bridgehead atoms. The van der Waals surface area contributed by atoms with Gasteiger partial charge in [0.05, 0.1) is 0 Å². The van der Waals surface area contributed by atoms with Gasteiger partial charge in [-0.2, -0.15) is 0 Å². The number of aryl methyl sites for hydroxylation is 1. The van der Waals surface area contributed by atoms with E-state index in [0.29, 0.717) is 5.92 Å². The quantitative estimate of drug-likeness (QED) is 0.531. The maximum atomic E-state index is 6.15. The molecule has 2 aromatic carbocycles. The van der Waals surface area contributed by atoms with Crippen LogP contribution in [0.1, 0.15) is 30.4 Å². The van der Waals surface area contributed by atoms with Crippen LogP contribution in [0.5, 0.6) is 0 Å². The molecule has 0 amide bonds. The first-order valence-corrected chi connectivity index (χ1v) is 6.43. The molecule has 104 valence electrons. The van der Waals surface area contributed by atoms with Gasteiger partial charge in [0.2, 0.25) is 0 Å². The van der Waals surface area contributed by atoms with Crippen molar-refractivity contribution in [3.63, 3.8) is 0 Å². The summed E-state index contributed by atoms with van der Waals surface area (Å²) in [6.45, 7) is 2.27. The van der Waals surface area contributed by atoms with Gasteiger partial charge in [-0.25, -0.2) is 0 Å². The molecule has 0 heterocycles. The van der Waals surface area contributed by atoms with Crippen LogP contribution < -0.4 is 34.0 Å². The molecule has 0 radical (unpaired) electrons. The summed E-state index contributed by atoms with van der Waals surface area (Å²) >= 11 is 6.15. The molecule has 4 heteroatoms. The topological polar surface area (TPSA) is 0 Å². The van der Waals surface area contributed by atoms with Crippen LogP contribution in [0, 0.1) is 0 Å². The van der Waals surface area contributed by atoms with Gasteiger partial charge in [0.15, 0.2) is 0 Å². The molecule has 0 saturated carbocycles. The summed E-state index contributed by atoms with van der Waals surface area (Å²) < 4.78 is 0.